The number of fused-ring (bicyclic) bond motifs is 2. The number of rotatable bonds is 7. The number of amides is 1. The van der Waals surface area contributed by atoms with Gasteiger partial charge < -0.3 is 14.8 Å². The van der Waals surface area contributed by atoms with Gasteiger partial charge in [-0.05, 0) is 37.4 Å². The quantitative estimate of drug-likeness (QED) is 0.487. The highest BCUT2D eigenvalue weighted by molar-refractivity contribution is 5.94. The lowest BCUT2D eigenvalue weighted by molar-refractivity contribution is 0.0949. The number of likely N-dealkylation sites (N-methyl/N-ethyl adjacent to an activating group) is 1. The van der Waals surface area contributed by atoms with Gasteiger partial charge in [0.1, 0.15) is 0 Å². The highest BCUT2D eigenvalue weighted by Gasteiger charge is 2.16. The molecule has 0 saturated carbocycles. The van der Waals surface area contributed by atoms with Crippen LogP contribution >= 0.6 is 0 Å². The zero-order valence-corrected chi connectivity index (χ0v) is 17.7. The van der Waals surface area contributed by atoms with Crippen LogP contribution in [0.2, 0.25) is 0 Å². The third-order valence-electron chi connectivity index (χ3n) is 5.36. The molecule has 1 amide bonds. The maximum absolute atomic E-state index is 12.2. The monoisotopic (exact) mass is 429 g/mol. The number of carbonyl (C=O) groups is 1. The smallest absolute Gasteiger partial charge is 0.251 e. The van der Waals surface area contributed by atoms with Crippen LogP contribution in [0, 0.1) is 0 Å². The van der Waals surface area contributed by atoms with E-state index in [0.29, 0.717) is 25.2 Å². The van der Waals surface area contributed by atoms with Crippen LogP contribution in [0.15, 0.2) is 67.1 Å². The van der Waals surface area contributed by atoms with E-state index in [0.717, 1.165) is 34.1 Å². The summed E-state index contributed by atoms with van der Waals surface area (Å²) in [5.74, 6) is 1.43. The van der Waals surface area contributed by atoms with Crippen LogP contribution in [0.3, 0.4) is 0 Å². The van der Waals surface area contributed by atoms with Crippen molar-refractivity contribution in [2.45, 2.75) is 6.54 Å². The van der Waals surface area contributed by atoms with E-state index in [4.69, 9.17) is 9.47 Å². The minimum Gasteiger partial charge on any atom is -0.454 e. The molecule has 2 aromatic carbocycles. The molecule has 0 unspecified atom stereocenters. The number of benzene rings is 2. The molecule has 8 nitrogen and oxygen atoms in total. The Morgan fingerprint density at radius 2 is 1.94 bits per heavy atom. The zero-order chi connectivity index (χ0) is 21.9. The minimum atomic E-state index is -0.0645. The fourth-order valence-corrected chi connectivity index (χ4v) is 3.69. The van der Waals surface area contributed by atoms with Gasteiger partial charge in [-0.1, -0.05) is 18.2 Å². The van der Waals surface area contributed by atoms with Crippen molar-refractivity contribution in [3.63, 3.8) is 0 Å². The van der Waals surface area contributed by atoms with Gasteiger partial charge in [0.2, 0.25) is 6.79 Å². The Kier molecular flexibility index (Phi) is 5.43. The Morgan fingerprint density at radius 3 is 2.81 bits per heavy atom. The Morgan fingerprint density at radius 1 is 1.09 bits per heavy atom. The van der Waals surface area contributed by atoms with Gasteiger partial charge in [0.25, 0.3) is 5.91 Å². The molecule has 0 radical (unpaired) electrons. The van der Waals surface area contributed by atoms with Gasteiger partial charge in [-0.25, -0.2) is 4.98 Å². The molecule has 0 spiro atoms. The Labute approximate surface area is 185 Å². The van der Waals surface area contributed by atoms with E-state index >= 15 is 0 Å². The van der Waals surface area contributed by atoms with Gasteiger partial charge >= 0.3 is 0 Å². The summed E-state index contributed by atoms with van der Waals surface area (Å²) in [4.78, 5) is 23.3. The molecule has 0 fully saturated rings. The second-order valence-electron chi connectivity index (χ2n) is 7.68. The molecule has 0 atom stereocenters. The normalized spacial score (nSPS) is 12.4. The summed E-state index contributed by atoms with van der Waals surface area (Å²) in [5.41, 5.74) is 4.31. The van der Waals surface area contributed by atoms with E-state index < -0.39 is 0 Å². The number of nitrogens with one attached hydrogen (secondary N) is 1. The van der Waals surface area contributed by atoms with E-state index in [2.05, 4.69) is 20.2 Å². The van der Waals surface area contributed by atoms with Crippen molar-refractivity contribution in [3.05, 3.63) is 78.4 Å². The third kappa shape index (κ3) is 4.13. The van der Waals surface area contributed by atoms with Crippen LogP contribution in [0.1, 0.15) is 16.1 Å². The van der Waals surface area contributed by atoms with Crippen LogP contribution in [-0.2, 0) is 6.54 Å². The lowest BCUT2D eigenvalue weighted by Crippen LogP contribution is -2.32. The van der Waals surface area contributed by atoms with Crippen molar-refractivity contribution in [1.29, 1.82) is 0 Å². The molecule has 0 saturated heterocycles. The van der Waals surface area contributed by atoms with E-state index in [1.54, 1.807) is 18.3 Å². The summed E-state index contributed by atoms with van der Waals surface area (Å²) >= 11 is 0. The first-order chi connectivity index (χ1) is 15.7. The van der Waals surface area contributed by atoms with Crippen LogP contribution in [-0.4, -0.2) is 52.1 Å². The zero-order valence-electron chi connectivity index (χ0n) is 17.7. The molecule has 2 aromatic heterocycles. The SMILES string of the molecule is CN(CCNC(=O)c1ccccc1)Cc1cn2c(-c3ccc4c(c3)OCO4)cnc2cn1. The average molecular weight is 429 g/mol. The number of hydrogen-bond acceptors (Lipinski definition) is 6. The van der Waals surface area contributed by atoms with Crippen molar-refractivity contribution < 1.29 is 14.3 Å². The second-order valence-corrected chi connectivity index (χ2v) is 7.68. The summed E-state index contributed by atoms with van der Waals surface area (Å²) in [6.07, 6.45) is 5.61. The molecule has 162 valence electrons. The Bertz CT molecular complexity index is 1260. The predicted octanol–water partition coefficient (Wildman–Crippen LogP) is 2.99. The number of imidazole rings is 1. The van der Waals surface area contributed by atoms with Crippen molar-refractivity contribution >= 4 is 11.6 Å². The lowest BCUT2D eigenvalue weighted by atomic mass is 10.1. The van der Waals surface area contributed by atoms with Crippen LogP contribution in [0.5, 0.6) is 11.5 Å². The maximum atomic E-state index is 12.2. The Hall–Kier alpha value is -3.91. The van der Waals surface area contributed by atoms with E-state index in [9.17, 15) is 4.79 Å². The highest BCUT2D eigenvalue weighted by Crippen LogP contribution is 2.36. The van der Waals surface area contributed by atoms with Gasteiger partial charge in [0.15, 0.2) is 17.1 Å². The number of hydrogen-bond donors (Lipinski definition) is 1. The van der Waals surface area contributed by atoms with Crippen molar-refractivity contribution in [1.82, 2.24) is 24.6 Å². The van der Waals surface area contributed by atoms with E-state index in [1.807, 2.05) is 60.2 Å². The van der Waals surface area contributed by atoms with Crippen molar-refractivity contribution in [2.24, 2.45) is 0 Å². The van der Waals surface area contributed by atoms with E-state index in [1.165, 1.54) is 0 Å². The van der Waals surface area contributed by atoms with Crippen LogP contribution in [0.4, 0.5) is 0 Å². The molecule has 3 heterocycles. The van der Waals surface area contributed by atoms with Gasteiger partial charge in [-0.2, -0.15) is 0 Å². The fraction of sp³-hybridized carbons (Fsp3) is 0.208. The largest absolute Gasteiger partial charge is 0.454 e. The van der Waals surface area contributed by atoms with Crippen molar-refractivity contribution in [3.8, 4) is 22.8 Å². The lowest BCUT2D eigenvalue weighted by Gasteiger charge is -2.17. The summed E-state index contributed by atoms with van der Waals surface area (Å²) in [6.45, 7) is 2.16. The van der Waals surface area contributed by atoms with Gasteiger partial charge in [0.05, 0.1) is 23.8 Å². The first kappa shape index (κ1) is 20.0. The number of aromatic nitrogens is 3. The predicted molar refractivity (Wildman–Crippen MR) is 120 cm³/mol. The first-order valence-electron chi connectivity index (χ1n) is 10.4. The number of carbonyl (C=O) groups excluding carboxylic acids is 1. The average Bonchev–Trinajstić information content (AvgIpc) is 3.45. The molecule has 32 heavy (non-hydrogen) atoms. The molecule has 4 aromatic rings. The van der Waals surface area contributed by atoms with E-state index in [-0.39, 0.29) is 12.7 Å². The molecule has 0 aliphatic carbocycles. The van der Waals surface area contributed by atoms with Crippen LogP contribution < -0.4 is 14.8 Å². The molecule has 8 heteroatoms. The molecule has 1 aliphatic heterocycles. The summed E-state index contributed by atoms with van der Waals surface area (Å²) in [7, 11) is 2.01. The standard InChI is InChI=1S/C24H23N5O3/c1-28(10-9-25-24(30)17-5-3-2-4-6-17)14-19-15-29-20(12-27-23(29)13-26-19)18-7-8-21-22(11-18)32-16-31-21/h2-8,11-13,15H,9-10,14,16H2,1H3,(H,25,30). The molecule has 5 rings (SSSR count). The van der Waals surface area contributed by atoms with Gasteiger partial charge in [0, 0.05) is 37.0 Å². The minimum absolute atomic E-state index is 0.0645. The topological polar surface area (TPSA) is 81.0 Å². The number of nitrogens with zero attached hydrogens (tertiary/aromatic N) is 4. The summed E-state index contributed by atoms with van der Waals surface area (Å²) in [6, 6.07) is 15.1. The van der Waals surface area contributed by atoms with Crippen molar-refractivity contribution in [2.75, 3.05) is 26.9 Å². The highest BCUT2D eigenvalue weighted by atomic mass is 16.7. The summed E-state index contributed by atoms with van der Waals surface area (Å²) in [5, 5.41) is 2.95. The van der Waals surface area contributed by atoms with Gasteiger partial charge in [-0.3, -0.25) is 19.1 Å². The van der Waals surface area contributed by atoms with Crippen LogP contribution in [0.25, 0.3) is 16.9 Å². The molecular weight excluding hydrogens is 406 g/mol. The first-order valence-corrected chi connectivity index (χ1v) is 10.4. The fourth-order valence-electron chi connectivity index (χ4n) is 3.69. The molecule has 1 aliphatic rings. The van der Waals surface area contributed by atoms with Gasteiger partial charge in [-0.15, -0.1) is 0 Å². The second kappa shape index (κ2) is 8.68. The number of ether oxygens (including phenoxy) is 2. The molecule has 1 N–H and O–H groups in total. The third-order valence-corrected chi connectivity index (χ3v) is 5.36. The Balaban J connectivity index is 1.25. The molecular formula is C24H23N5O3. The molecule has 0 bridgehead atoms. The summed E-state index contributed by atoms with van der Waals surface area (Å²) < 4.78 is 12.9. The maximum Gasteiger partial charge on any atom is 0.251 e.